The molecule has 6 nitrogen and oxygen atoms in total. The van der Waals surface area contributed by atoms with Gasteiger partial charge in [0, 0.05) is 13.1 Å². The van der Waals surface area contributed by atoms with E-state index in [0.29, 0.717) is 12.1 Å². The number of benzene rings is 1. The first kappa shape index (κ1) is 15.4. The van der Waals surface area contributed by atoms with Gasteiger partial charge in [-0.25, -0.2) is 0 Å². The second kappa shape index (κ2) is 6.74. The fourth-order valence-electron chi connectivity index (χ4n) is 2.56. The Labute approximate surface area is 143 Å². The van der Waals surface area contributed by atoms with Gasteiger partial charge >= 0.3 is 0 Å². The molecular weight excluding hydrogens is 393 g/mol. The zero-order valence-corrected chi connectivity index (χ0v) is 14.5. The first-order valence-corrected chi connectivity index (χ1v) is 8.54. The van der Waals surface area contributed by atoms with E-state index in [1.54, 1.807) is 12.4 Å². The van der Waals surface area contributed by atoms with Crippen LogP contribution in [-0.2, 0) is 0 Å². The number of aryl methyl sites for hydroxylation is 1. The predicted molar refractivity (Wildman–Crippen MR) is 92.4 cm³/mol. The first-order valence-electron chi connectivity index (χ1n) is 7.30. The summed E-state index contributed by atoms with van der Waals surface area (Å²) in [7, 11) is 0. The highest BCUT2D eigenvalue weighted by Crippen LogP contribution is 2.22. The molecule has 1 N–H and O–H groups in total. The number of carbonyl (C=O) groups excluding carboxylic acids is 1. The Hall–Kier alpha value is -1.48. The average Bonchev–Trinajstić information content (AvgIpc) is 2.95. The molecule has 2 heterocycles. The Kier molecular flexibility index (Phi) is 4.72. The van der Waals surface area contributed by atoms with Gasteiger partial charge in [0.25, 0.3) is 5.91 Å². The van der Waals surface area contributed by atoms with Crippen LogP contribution in [0.4, 0.5) is 0 Å². The summed E-state index contributed by atoms with van der Waals surface area (Å²) in [6.45, 7) is 4.47. The Morgan fingerprint density at radius 1 is 1.32 bits per heavy atom. The number of halogens is 1. The van der Waals surface area contributed by atoms with E-state index in [2.05, 4.69) is 38.1 Å². The fourth-order valence-corrected chi connectivity index (χ4v) is 3.40. The van der Waals surface area contributed by atoms with Crippen LogP contribution in [0.1, 0.15) is 22.3 Å². The number of hydrogen-bond donors (Lipinski definition) is 1. The number of alkyl halides is 1. The van der Waals surface area contributed by atoms with Gasteiger partial charge in [-0.3, -0.25) is 4.79 Å². The van der Waals surface area contributed by atoms with E-state index in [-0.39, 0.29) is 9.96 Å². The van der Waals surface area contributed by atoms with Crippen molar-refractivity contribution in [2.45, 2.75) is 17.4 Å². The lowest BCUT2D eigenvalue weighted by Gasteiger charge is -2.26. The first-order chi connectivity index (χ1) is 10.7. The highest BCUT2D eigenvalue weighted by Gasteiger charge is 2.26. The number of aromatic nitrogens is 3. The highest BCUT2D eigenvalue weighted by molar-refractivity contribution is 14.1. The smallest absolute Gasteiger partial charge is 0.257 e. The standard InChI is InChI=1S/C15H18IN5O/c1-11-2-3-13(21-18-6-7-19-21)12(10-11)15(22)20-9-8-17-5-4-14(20)16/h2-3,6-7,10,14,17H,4-5,8-9H2,1H3. The number of hydrogen-bond acceptors (Lipinski definition) is 4. The maximum absolute atomic E-state index is 13.1. The van der Waals surface area contributed by atoms with Gasteiger partial charge in [0.05, 0.1) is 27.7 Å². The zero-order chi connectivity index (χ0) is 15.5. The van der Waals surface area contributed by atoms with E-state index in [1.807, 2.05) is 30.0 Å². The molecule has 0 spiro atoms. The minimum atomic E-state index is 0.0408. The summed E-state index contributed by atoms with van der Waals surface area (Å²) in [6, 6.07) is 5.80. The molecule has 1 aliphatic rings. The molecule has 1 aliphatic heterocycles. The number of nitrogens with zero attached hydrogens (tertiary/aromatic N) is 4. The molecule has 3 rings (SSSR count). The van der Waals surface area contributed by atoms with Crippen molar-refractivity contribution < 1.29 is 4.79 Å². The number of carbonyl (C=O) groups is 1. The van der Waals surface area contributed by atoms with Crippen LogP contribution >= 0.6 is 22.6 Å². The molecule has 2 aromatic rings. The van der Waals surface area contributed by atoms with Gasteiger partial charge in [-0.2, -0.15) is 15.0 Å². The van der Waals surface area contributed by atoms with Crippen molar-refractivity contribution in [2.24, 2.45) is 0 Å². The molecule has 1 aromatic carbocycles. The Balaban J connectivity index is 1.99. The van der Waals surface area contributed by atoms with E-state index in [9.17, 15) is 4.79 Å². The molecule has 7 heteroatoms. The minimum Gasteiger partial charge on any atom is -0.325 e. The Morgan fingerprint density at radius 3 is 2.86 bits per heavy atom. The lowest BCUT2D eigenvalue weighted by atomic mass is 10.1. The van der Waals surface area contributed by atoms with Crippen molar-refractivity contribution in [3.05, 3.63) is 41.7 Å². The predicted octanol–water partition coefficient (Wildman–Crippen LogP) is 1.77. The molecule has 0 bridgehead atoms. The topological polar surface area (TPSA) is 63.1 Å². The van der Waals surface area contributed by atoms with Gasteiger partial charge in [0.2, 0.25) is 0 Å². The maximum atomic E-state index is 13.1. The summed E-state index contributed by atoms with van der Waals surface area (Å²) in [5.41, 5.74) is 2.43. The molecule has 0 saturated carbocycles. The molecule has 1 unspecified atom stereocenters. The molecule has 1 saturated heterocycles. The summed E-state index contributed by atoms with van der Waals surface area (Å²) in [4.78, 5) is 16.5. The van der Waals surface area contributed by atoms with Gasteiger partial charge < -0.3 is 10.2 Å². The van der Waals surface area contributed by atoms with Crippen LogP contribution < -0.4 is 5.32 Å². The van der Waals surface area contributed by atoms with Crippen LogP contribution in [0.3, 0.4) is 0 Å². The van der Waals surface area contributed by atoms with E-state index < -0.39 is 0 Å². The molecule has 1 aromatic heterocycles. The molecule has 0 radical (unpaired) electrons. The number of nitrogens with one attached hydrogen (secondary N) is 1. The van der Waals surface area contributed by atoms with Gasteiger partial charge in [0.1, 0.15) is 0 Å². The summed E-state index contributed by atoms with van der Waals surface area (Å²) < 4.78 is 0.194. The molecule has 116 valence electrons. The molecule has 22 heavy (non-hydrogen) atoms. The van der Waals surface area contributed by atoms with E-state index >= 15 is 0 Å². The average molecular weight is 411 g/mol. The minimum absolute atomic E-state index is 0.0408. The van der Waals surface area contributed by atoms with Gasteiger partial charge in [-0.1, -0.05) is 34.2 Å². The largest absolute Gasteiger partial charge is 0.325 e. The van der Waals surface area contributed by atoms with Crippen molar-refractivity contribution in [3.8, 4) is 5.69 Å². The van der Waals surface area contributed by atoms with Crippen molar-refractivity contribution in [1.29, 1.82) is 0 Å². The van der Waals surface area contributed by atoms with Crippen LogP contribution in [0, 0.1) is 6.92 Å². The Bertz CT molecular complexity index is 658. The van der Waals surface area contributed by atoms with E-state index in [0.717, 1.165) is 30.8 Å². The lowest BCUT2D eigenvalue weighted by Crippen LogP contribution is -2.38. The normalized spacial score (nSPS) is 19.0. The SMILES string of the molecule is Cc1ccc(-n2nccn2)c(C(=O)N2CCNCCC2I)c1. The van der Waals surface area contributed by atoms with Crippen molar-refractivity contribution in [3.63, 3.8) is 0 Å². The van der Waals surface area contributed by atoms with Crippen LogP contribution in [0.25, 0.3) is 5.69 Å². The third-order valence-corrected chi connectivity index (χ3v) is 5.00. The van der Waals surface area contributed by atoms with Crippen molar-refractivity contribution in [2.75, 3.05) is 19.6 Å². The molecule has 1 atom stereocenters. The van der Waals surface area contributed by atoms with Gasteiger partial charge in [0.15, 0.2) is 0 Å². The third kappa shape index (κ3) is 3.14. The molecule has 1 fully saturated rings. The molecular formula is C15H18IN5O. The van der Waals surface area contributed by atoms with Gasteiger partial charge in [-0.15, -0.1) is 0 Å². The summed E-state index contributed by atoms with van der Waals surface area (Å²) >= 11 is 2.35. The lowest BCUT2D eigenvalue weighted by molar-refractivity contribution is 0.0756. The summed E-state index contributed by atoms with van der Waals surface area (Å²) in [5.74, 6) is 0.0408. The van der Waals surface area contributed by atoms with E-state index in [4.69, 9.17) is 0 Å². The Morgan fingerprint density at radius 2 is 2.09 bits per heavy atom. The van der Waals surface area contributed by atoms with Crippen LogP contribution in [0.2, 0.25) is 0 Å². The third-order valence-electron chi connectivity index (χ3n) is 3.70. The van der Waals surface area contributed by atoms with Crippen molar-refractivity contribution in [1.82, 2.24) is 25.2 Å². The maximum Gasteiger partial charge on any atom is 0.257 e. The second-order valence-corrected chi connectivity index (χ2v) is 6.75. The van der Waals surface area contributed by atoms with Crippen LogP contribution in [0.15, 0.2) is 30.6 Å². The monoisotopic (exact) mass is 411 g/mol. The molecule has 1 amide bonds. The number of rotatable bonds is 2. The quantitative estimate of drug-likeness (QED) is 0.465. The number of amides is 1. The second-order valence-electron chi connectivity index (χ2n) is 5.31. The zero-order valence-electron chi connectivity index (χ0n) is 12.4. The van der Waals surface area contributed by atoms with Gasteiger partial charge in [-0.05, 0) is 32.0 Å². The van der Waals surface area contributed by atoms with Crippen LogP contribution in [0.5, 0.6) is 0 Å². The fraction of sp³-hybridized carbons (Fsp3) is 0.400. The summed E-state index contributed by atoms with van der Waals surface area (Å²) in [5, 5.41) is 11.7. The molecule has 0 aliphatic carbocycles. The summed E-state index contributed by atoms with van der Waals surface area (Å²) in [6.07, 6.45) is 4.18. The highest BCUT2D eigenvalue weighted by atomic mass is 127. The van der Waals surface area contributed by atoms with Crippen molar-refractivity contribution >= 4 is 28.5 Å². The van der Waals surface area contributed by atoms with E-state index in [1.165, 1.54) is 4.80 Å². The van der Waals surface area contributed by atoms with Crippen LogP contribution in [-0.4, -0.2) is 49.5 Å².